The van der Waals surface area contributed by atoms with Gasteiger partial charge in [-0.2, -0.15) is 0 Å². The summed E-state index contributed by atoms with van der Waals surface area (Å²) >= 11 is 0. The molecule has 2 atom stereocenters. The highest BCUT2D eigenvalue weighted by Crippen LogP contribution is 2.30. The highest BCUT2D eigenvalue weighted by Gasteiger charge is 2.31. The molecule has 2 unspecified atom stereocenters. The topological polar surface area (TPSA) is 60.9 Å². The first kappa shape index (κ1) is 19.9. The van der Waals surface area contributed by atoms with Crippen LogP contribution in [0.5, 0.6) is 0 Å². The minimum Gasteiger partial charge on any atom is -0.395 e. The van der Waals surface area contributed by atoms with Crippen molar-refractivity contribution in [1.29, 1.82) is 0 Å². The number of carbonyl (C=O) groups excluding carboxylic acids is 2. The quantitative estimate of drug-likeness (QED) is 0.661. The van der Waals surface area contributed by atoms with Gasteiger partial charge in [0.15, 0.2) is 0 Å². The predicted molar refractivity (Wildman–Crippen MR) is 91.9 cm³/mol. The summed E-state index contributed by atoms with van der Waals surface area (Å²) in [6.45, 7) is 6.26. The van der Waals surface area contributed by atoms with E-state index < -0.39 is 0 Å². The number of hydrogen-bond donors (Lipinski definition) is 1. The molecule has 2 amide bonds. The van der Waals surface area contributed by atoms with Crippen molar-refractivity contribution in [2.75, 3.05) is 33.3 Å². The van der Waals surface area contributed by atoms with E-state index in [2.05, 4.69) is 13.8 Å². The van der Waals surface area contributed by atoms with Gasteiger partial charge in [0, 0.05) is 39.5 Å². The normalized spacial score (nSPS) is 21.3. The van der Waals surface area contributed by atoms with Crippen molar-refractivity contribution in [2.45, 2.75) is 58.8 Å². The van der Waals surface area contributed by atoms with Crippen molar-refractivity contribution in [3.05, 3.63) is 0 Å². The summed E-state index contributed by atoms with van der Waals surface area (Å²) in [6, 6.07) is 0. The Labute approximate surface area is 141 Å². The summed E-state index contributed by atoms with van der Waals surface area (Å²) in [5.74, 6) is 1.14. The van der Waals surface area contributed by atoms with Crippen molar-refractivity contribution >= 4 is 11.8 Å². The van der Waals surface area contributed by atoms with E-state index in [0.717, 1.165) is 45.2 Å². The number of aliphatic hydroxyl groups is 1. The summed E-state index contributed by atoms with van der Waals surface area (Å²) in [5, 5.41) is 8.94. The van der Waals surface area contributed by atoms with Gasteiger partial charge in [-0.3, -0.25) is 9.59 Å². The van der Waals surface area contributed by atoms with Crippen LogP contribution in [0, 0.1) is 11.8 Å². The first-order valence-corrected chi connectivity index (χ1v) is 9.16. The molecule has 0 bridgehead atoms. The first-order chi connectivity index (χ1) is 11.0. The molecule has 1 saturated heterocycles. The van der Waals surface area contributed by atoms with E-state index >= 15 is 0 Å². The Kier molecular flexibility index (Phi) is 9.22. The molecule has 5 heteroatoms. The molecule has 1 N–H and O–H groups in total. The number of aliphatic hydroxyl groups excluding tert-OH is 1. The third-order valence-electron chi connectivity index (χ3n) is 5.06. The minimum atomic E-state index is 0.00412. The van der Waals surface area contributed by atoms with Gasteiger partial charge in [0.1, 0.15) is 0 Å². The van der Waals surface area contributed by atoms with Gasteiger partial charge in [-0.25, -0.2) is 0 Å². The molecular weight excluding hydrogens is 292 g/mol. The fourth-order valence-electron chi connectivity index (χ4n) is 3.38. The van der Waals surface area contributed by atoms with Gasteiger partial charge in [-0.15, -0.1) is 0 Å². The molecular formula is C18H34N2O3. The number of likely N-dealkylation sites (N-methyl/N-ethyl adjacent to an activating group) is 1. The van der Waals surface area contributed by atoms with Crippen LogP contribution < -0.4 is 0 Å². The average Bonchev–Trinajstić information content (AvgIpc) is 2.55. The molecule has 1 aliphatic heterocycles. The second kappa shape index (κ2) is 10.6. The van der Waals surface area contributed by atoms with Gasteiger partial charge in [-0.05, 0) is 24.7 Å². The van der Waals surface area contributed by atoms with E-state index in [9.17, 15) is 9.59 Å². The number of rotatable bonds is 9. The van der Waals surface area contributed by atoms with Crippen LogP contribution in [-0.4, -0.2) is 60.0 Å². The van der Waals surface area contributed by atoms with Crippen molar-refractivity contribution in [3.63, 3.8) is 0 Å². The van der Waals surface area contributed by atoms with Gasteiger partial charge in [-0.1, -0.05) is 33.1 Å². The zero-order valence-electron chi connectivity index (χ0n) is 15.1. The van der Waals surface area contributed by atoms with E-state index in [1.54, 1.807) is 11.9 Å². The highest BCUT2D eigenvalue weighted by molar-refractivity contribution is 5.77. The fraction of sp³-hybridized carbons (Fsp3) is 0.889. The van der Waals surface area contributed by atoms with Crippen LogP contribution in [0.1, 0.15) is 58.8 Å². The molecule has 23 heavy (non-hydrogen) atoms. The molecule has 5 nitrogen and oxygen atoms in total. The summed E-state index contributed by atoms with van der Waals surface area (Å²) in [6.07, 6.45) is 6.34. The first-order valence-electron chi connectivity index (χ1n) is 9.16. The standard InChI is InChI=1S/C18H34N2O3/c1-4-6-7-8-17(22)20-10-9-16(15(5-2)14-20)13-18(23)19(3)11-12-21/h15-16,21H,4-14H2,1-3H3. The van der Waals surface area contributed by atoms with Gasteiger partial charge < -0.3 is 14.9 Å². The third kappa shape index (κ3) is 6.50. The summed E-state index contributed by atoms with van der Waals surface area (Å²) in [7, 11) is 1.74. The fourth-order valence-corrected chi connectivity index (χ4v) is 3.38. The minimum absolute atomic E-state index is 0.00412. The van der Waals surface area contributed by atoms with Gasteiger partial charge in [0.25, 0.3) is 0 Å². The van der Waals surface area contributed by atoms with Crippen LogP contribution in [0.2, 0.25) is 0 Å². The predicted octanol–water partition coefficient (Wildman–Crippen LogP) is 2.28. The van der Waals surface area contributed by atoms with Crippen LogP contribution in [0.15, 0.2) is 0 Å². The number of likely N-dealkylation sites (tertiary alicyclic amines) is 1. The van der Waals surface area contributed by atoms with Crippen LogP contribution >= 0.6 is 0 Å². The molecule has 0 aliphatic carbocycles. The number of nitrogens with zero attached hydrogens (tertiary/aromatic N) is 2. The van der Waals surface area contributed by atoms with E-state index in [4.69, 9.17) is 5.11 Å². The molecule has 1 heterocycles. The van der Waals surface area contributed by atoms with Gasteiger partial charge in [0.2, 0.25) is 11.8 Å². The zero-order chi connectivity index (χ0) is 17.2. The van der Waals surface area contributed by atoms with Crippen LogP contribution in [0.4, 0.5) is 0 Å². The maximum Gasteiger partial charge on any atom is 0.222 e. The number of hydrogen-bond acceptors (Lipinski definition) is 3. The largest absolute Gasteiger partial charge is 0.395 e. The number of piperidine rings is 1. The monoisotopic (exact) mass is 326 g/mol. The summed E-state index contributed by atoms with van der Waals surface area (Å²) < 4.78 is 0. The van der Waals surface area contributed by atoms with Crippen molar-refractivity contribution < 1.29 is 14.7 Å². The number of unbranched alkanes of at least 4 members (excludes halogenated alkanes) is 2. The summed E-state index contributed by atoms with van der Waals surface area (Å²) in [4.78, 5) is 28.1. The Bertz CT molecular complexity index is 373. The lowest BCUT2D eigenvalue weighted by atomic mass is 9.81. The molecule has 0 saturated carbocycles. The molecule has 134 valence electrons. The molecule has 1 aliphatic rings. The van der Waals surface area contributed by atoms with E-state index in [1.807, 2.05) is 4.90 Å². The van der Waals surface area contributed by atoms with E-state index in [0.29, 0.717) is 31.2 Å². The van der Waals surface area contributed by atoms with Gasteiger partial charge >= 0.3 is 0 Å². The molecule has 1 rings (SSSR count). The van der Waals surface area contributed by atoms with Gasteiger partial charge in [0.05, 0.1) is 6.61 Å². The van der Waals surface area contributed by atoms with Crippen LogP contribution in [-0.2, 0) is 9.59 Å². The SMILES string of the molecule is CCCCCC(=O)N1CCC(CC(=O)N(C)CCO)C(CC)C1. The Morgan fingerprint density at radius 1 is 1.22 bits per heavy atom. The molecule has 0 spiro atoms. The zero-order valence-corrected chi connectivity index (χ0v) is 15.1. The number of amides is 2. The van der Waals surface area contributed by atoms with Crippen molar-refractivity contribution in [2.24, 2.45) is 11.8 Å². The third-order valence-corrected chi connectivity index (χ3v) is 5.06. The molecule has 0 aromatic heterocycles. The van der Waals surface area contributed by atoms with Crippen LogP contribution in [0.3, 0.4) is 0 Å². The van der Waals surface area contributed by atoms with Crippen LogP contribution in [0.25, 0.3) is 0 Å². The molecule has 1 fully saturated rings. The second-order valence-electron chi connectivity index (χ2n) is 6.76. The average molecular weight is 326 g/mol. The highest BCUT2D eigenvalue weighted by atomic mass is 16.3. The lowest BCUT2D eigenvalue weighted by Gasteiger charge is -2.38. The second-order valence-corrected chi connectivity index (χ2v) is 6.76. The molecule has 0 radical (unpaired) electrons. The molecule has 0 aromatic carbocycles. The lowest BCUT2D eigenvalue weighted by Crippen LogP contribution is -2.45. The Morgan fingerprint density at radius 3 is 2.57 bits per heavy atom. The molecule has 0 aromatic rings. The Morgan fingerprint density at radius 2 is 1.96 bits per heavy atom. The maximum atomic E-state index is 12.3. The smallest absolute Gasteiger partial charge is 0.222 e. The van der Waals surface area contributed by atoms with E-state index in [-0.39, 0.29) is 18.4 Å². The lowest BCUT2D eigenvalue weighted by molar-refractivity contribution is -0.135. The summed E-state index contributed by atoms with van der Waals surface area (Å²) in [5.41, 5.74) is 0. The number of carbonyl (C=O) groups is 2. The van der Waals surface area contributed by atoms with Crippen molar-refractivity contribution in [3.8, 4) is 0 Å². The Hall–Kier alpha value is -1.10. The van der Waals surface area contributed by atoms with E-state index in [1.165, 1.54) is 0 Å². The van der Waals surface area contributed by atoms with Crippen molar-refractivity contribution in [1.82, 2.24) is 9.80 Å². The maximum absolute atomic E-state index is 12.3. The Balaban J connectivity index is 2.48.